The molecule has 3 rings (SSSR count). The maximum Gasteiger partial charge on any atom is 0.0681 e. The Hall–Kier alpha value is -0.790. The highest BCUT2D eigenvalue weighted by Gasteiger charge is 2.48. The molecular formula is C13H20N2. The van der Waals surface area contributed by atoms with E-state index in [-0.39, 0.29) is 5.41 Å². The predicted molar refractivity (Wildman–Crippen MR) is 61.1 cm³/mol. The Morgan fingerprint density at radius 2 is 2.00 bits per heavy atom. The zero-order chi connectivity index (χ0) is 10.7. The van der Waals surface area contributed by atoms with Gasteiger partial charge in [-0.15, -0.1) is 0 Å². The van der Waals surface area contributed by atoms with Crippen molar-refractivity contribution in [2.45, 2.75) is 63.8 Å². The van der Waals surface area contributed by atoms with Gasteiger partial charge in [0.15, 0.2) is 0 Å². The van der Waals surface area contributed by atoms with E-state index in [0.717, 1.165) is 6.54 Å². The van der Waals surface area contributed by atoms with E-state index >= 15 is 0 Å². The van der Waals surface area contributed by atoms with Crippen LogP contribution >= 0.6 is 0 Å². The van der Waals surface area contributed by atoms with Crippen molar-refractivity contribution in [3.8, 4) is 0 Å². The summed E-state index contributed by atoms with van der Waals surface area (Å²) in [7, 11) is 0. The van der Waals surface area contributed by atoms with Gasteiger partial charge in [0.1, 0.15) is 0 Å². The molecule has 0 N–H and O–H groups in total. The number of fused-ring (bicyclic) bond motifs is 2. The van der Waals surface area contributed by atoms with Crippen molar-refractivity contribution in [1.29, 1.82) is 0 Å². The Morgan fingerprint density at radius 1 is 1.27 bits per heavy atom. The average Bonchev–Trinajstić information content (AvgIpc) is 2.76. The van der Waals surface area contributed by atoms with E-state index < -0.39 is 0 Å². The van der Waals surface area contributed by atoms with Gasteiger partial charge in [-0.3, -0.25) is 4.68 Å². The van der Waals surface area contributed by atoms with Crippen molar-refractivity contribution < 1.29 is 0 Å². The van der Waals surface area contributed by atoms with Crippen LogP contribution in [-0.4, -0.2) is 9.78 Å². The van der Waals surface area contributed by atoms with Gasteiger partial charge in [0.25, 0.3) is 0 Å². The molecule has 2 aliphatic rings. The average molecular weight is 204 g/mol. The standard InChI is InChI=1S/C13H20N2/c1-12(2,3)10-9-11-13(6-7-13)5-4-8-15(11)14-10/h9H,4-8H2,1-3H3. The molecule has 2 nitrogen and oxygen atoms in total. The summed E-state index contributed by atoms with van der Waals surface area (Å²) in [5, 5.41) is 4.77. The third kappa shape index (κ3) is 1.34. The Bertz CT molecular complexity index is 391. The molecule has 1 saturated carbocycles. The molecule has 0 unspecified atom stereocenters. The van der Waals surface area contributed by atoms with Crippen molar-refractivity contribution in [2.24, 2.45) is 0 Å². The molecule has 2 heterocycles. The van der Waals surface area contributed by atoms with E-state index in [4.69, 9.17) is 5.10 Å². The molecule has 0 saturated heterocycles. The third-order valence-electron chi connectivity index (χ3n) is 3.97. The Labute approximate surface area is 91.7 Å². The molecule has 1 aromatic heterocycles. The van der Waals surface area contributed by atoms with Gasteiger partial charge in [-0.25, -0.2) is 0 Å². The molecule has 2 heteroatoms. The van der Waals surface area contributed by atoms with Gasteiger partial charge in [-0.2, -0.15) is 5.10 Å². The van der Waals surface area contributed by atoms with Gasteiger partial charge in [-0.1, -0.05) is 20.8 Å². The second-order valence-corrected chi connectivity index (χ2v) is 6.27. The lowest BCUT2D eigenvalue weighted by Gasteiger charge is -2.22. The topological polar surface area (TPSA) is 17.8 Å². The number of aromatic nitrogens is 2. The van der Waals surface area contributed by atoms with Gasteiger partial charge >= 0.3 is 0 Å². The third-order valence-corrected chi connectivity index (χ3v) is 3.97. The Kier molecular flexibility index (Phi) is 1.67. The summed E-state index contributed by atoms with van der Waals surface area (Å²) in [6.07, 6.45) is 5.49. The molecule has 0 bridgehead atoms. The van der Waals surface area contributed by atoms with Crippen LogP contribution in [0.3, 0.4) is 0 Å². The van der Waals surface area contributed by atoms with Crippen LogP contribution in [0.15, 0.2) is 6.07 Å². The maximum atomic E-state index is 4.77. The molecule has 1 spiro atoms. The molecule has 1 aliphatic heterocycles. The lowest BCUT2D eigenvalue weighted by molar-refractivity contribution is 0.406. The van der Waals surface area contributed by atoms with Crippen molar-refractivity contribution in [3.63, 3.8) is 0 Å². The fourth-order valence-corrected chi connectivity index (χ4v) is 2.73. The van der Waals surface area contributed by atoms with Crippen LogP contribution in [0.1, 0.15) is 57.8 Å². The molecule has 0 amide bonds. The van der Waals surface area contributed by atoms with E-state index in [1.807, 2.05) is 0 Å². The minimum absolute atomic E-state index is 0.195. The number of rotatable bonds is 0. The lowest BCUT2D eigenvalue weighted by Crippen LogP contribution is -2.21. The SMILES string of the molecule is CC(C)(C)c1cc2n(n1)CCCC21CC1. The van der Waals surface area contributed by atoms with E-state index in [9.17, 15) is 0 Å². The summed E-state index contributed by atoms with van der Waals surface area (Å²) in [4.78, 5) is 0. The van der Waals surface area contributed by atoms with Crippen LogP contribution in [0.4, 0.5) is 0 Å². The summed E-state index contributed by atoms with van der Waals surface area (Å²) in [5.74, 6) is 0. The van der Waals surface area contributed by atoms with Crippen LogP contribution in [0.2, 0.25) is 0 Å². The Balaban J connectivity index is 2.07. The second kappa shape index (κ2) is 2.66. The van der Waals surface area contributed by atoms with Gasteiger partial charge in [0.05, 0.1) is 5.69 Å². The normalized spacial score (nSPS) is 22.9. The highest BCUT2D eigenvalue weighted by atomic mass is 15.3. The summed E-state index contributed by atoms with van der Waals surface area (Å²) in [6.45, 7) is 7.88. The minimum Gasteiger partial charge on any atom is -0.269 e. The lowest BCUT2D eigenvalue weighted by atomic mass is 9.89. The number of hydrogen-bond donors (Lipinski definition) is 0. The Morgan fingerprint density at radius 3 is 2.60 bits per heavy atom. The van der Waals surface area contributed by atoms with Crippen LogP contribution in [-0.2, 0) is 17.4 Å². The molecule has 82 valence electrons. The van der Waals surface area contributed by atoms with E-state index in [1.165, 1.54) is 37.1 Å². The first kappa shape index (κ1) is 9.44. The predicted octanol–water partition coefficient (Wildman–Crippen LogP) is 3.01. The van der Waals surface area contributed by atoms with Crippen LogP contribution in [0.5, 0.6) is 0 Å². The molecule has 15 heavy (non-hydrogen) atoms. The fourth-order valence-electron chi connectivity index (χ4n) is 2.73. The van der Waals surface area contributed by atoms with Crippen LogP contribution < -0.4 is 0 Å². The van der Waals surface area contributed by atoms with Gasteiger partial charge < -0.3 is 0 Å². The van der Waals surface area contributed by atoms with Crippen molar-refractivity contribution >= 4 is 0 Å². The summed E-state index contributed by atoms with van der Waals surface area (Å²) >= 11 is 0. The smallest absolute Gasteiger partial charge is 0.0681 e. The van der Waals surface area contributed by atoms with Gasteiger partial charge in [0.2, 0.25) is 0 Å². The van der Waals surface area contributed by atoms with E-state index in [1.54, 1.807) is 0 Å². The number of aryl methyl sites for hydroxylation is 1. The fraction of sp³-hybridized carbons (Fsp3) is 0.769. The number of nitrogens with zero attached hydrogens (tertiary/aromatic N) is 2. The molecule has 0 aromatic carbocycles. The monoisotopic (exact) mass is 204 g/mol. The van der Waals surface area contributed by atoms with Crippen molar-refractivity contribution in [2.75, 3.05) is 0 Å². The van der Waals surface area contributed by atoms with Crippen molar-refractivity contribution in [3.05, 3.63) is 17.5 Å². The molecule has 1 fully saturated rings. The zero-order valence-electron chi connectivity index (χ0n) is 10.0. The van der Waals surface area contributed by atoms with E-state index in [2.05, 4.69) is 31.5 Å². The zero-order valence-corrected chi connectivity index (χ0v) is 10.0. The first-order valence-electron chi connectivity index (χ1n) is 6.10. The van der Waals surface area contributed by atoms with Crippen molar-refractivity contribution in [1.82, 2.24) is 9.78 Å². The van der Waals surface area contributed by atoms with Crippen LogP contribution in [0.25, 0.3) is 0 Å². The summed E-state index contributed by atoms with van der Waals surface area (Å²) < 4.78 is 2.27. The quantitative estimate of drug-likeness (QED) is 0.635. The molecule has 1 aromatic rings. The molecular weight excluding hydrogens is 184 g/mol. The summed E-state index contributed by atoms with van der Waals surface area (Å²) in [6, 6.07) is 2.37. The maximum absolute atomic E-state index is 4.77. The second-order valence-electron chi connectivity index (χ2n) is 6.27. The van der Waals surface area contributed by atoms with E-state index in [0.29, 0.717) is 5.41 Å². The molecule has 0 atom stereocenters. The van der Waals surface area contributed by atoms with Gasteiger partial charge in [0, 0.05) is 23.1 Å². The van der Waals surface area contributed by atoms with Crippen LogP contribution in [0, 0.1) is 0 Å². The first-order chi connectivity index (χ1) is 7.01. The minimum atomic E-state index is 0.195. The van der Waals surface area contributed by atoms with Gasteiger partial charge in [-0.05, 0) is 31.7 Å². The summed E-state index contributed by atoms with van der Waals surface area (Å²) in [5.41, 5.74) is 3.54. The molecule has 0 radical (unpaired) electrons. The highest BCUT2D eigenvalue weighted by molar-refractivity contribution is 5.30. The molecule has 1 aliphatic carbocycles. The first-order valence-corrected chi connectivity index (χ1v) is 6.10. The largest absolute Gasteiger partial charge is 0.269 e. The number of hydrogen-bond acceptors (Lipinski definition) is 1. The highest BCUT2D eigenvalue weighted by Crippen LogP contribution is 2.54.